The zero-order valence-corrected chi connectivity index (χ0v) is 12.6. The topological polar surface area (TPSA) is 26.3 Å². The van der Waals surface area contributed by atoms with E-state index in [0.717, 1.165) is 30.2 Å². The molecule has 2 nitrogen and oxygen atoms in total. The average molecular weight is 323 g/mol. The molecule has 1 aromatic rings. The Morgan fingerprint density at radius 2 is 1.89 bits per heavy atom. The predicted molar refractivity (Wildman–Crippen MR) is 80.0 cm³/mol. The van der Waals surface area contributed by atoms with Crippen LogP contribution in [0.3, 0.4) is 0 Å². The lowest BCUT2D eigenvalue weighted by Gasteiger charge is -2.28. The summed E-state index contributed by atoms with van der Waals surface area (Å²) in [7, 11) is 0. The van der Waals surface area contributed by atoms with Crippen molar-refractivity contribution in [1.29, 1.82) is 0 Å². The molecule has 1 fully saturated rings. The van der Waals surface area contributed by atoms with E-state index in [1.165, 1.54) is 5.56 Å². The molecule has 0 amide bonds. The lowest BCUT2D eigenvalue weighted by Crippen LogP contribution is -2.23. The first-order chi connectivity index (χ1) is 9.19. The van der Waals surface area contributed by atoms with Crippen LogP contribution in [0, 0.1) is 0 Å². The third-order valence-corrected chi connectivity index (χ3v) is 4.15. The molecule has 1 aliphatic rings. The van der Waals surface area contributed by atoms with Crippen LogP contribution in [0.2, 0.25) is 0 Å². The zero-order valence-electron chi connectivity index (χ0n) is 11.0. The first kappa shape index (κ1) is 14.3. The maximum Gasteiger partial charge on any atom is 0.309 e. The summed E-state index contributed by atoms with van der Waals surface area (Å²) in [6.45, 7) is 3.55. The lowest BCUT2D eigenvalue weighted by atomic mass is 9.83. The van der Waals surface area contributed by atoms with Gasteiger partial charge in [0.15, 0.2) is 0 Å². The third-order valence-electron chi connectivity index (χ3n) is 3.62. The van der Waals surface area contributed by atoms with E-state index in [-0.39, 0.29) is 12.1 Å². The van der Waals surface area contributed by atoms with Crippen molar-refractivity contribution in [2.45, 2.75) is 44.1 Å². The Morgan fingerprint density at radius 1 is 1.26 bits per heavy atom. The Bertz CT molecular complexity index is 431. The van der Waals surface area contributed by atoms with Gasteiger partial charge in [0.1, 0.15) is 6.10 Å². The van der Waals surface area contributed by atoms with Crippen molar-refractivity contribution in [1.82, 2.24) is 0 Å². The molecule has 0 saturated heterocycles. The molecule has 0 aromatic heterocycles. The van der Waals surface area contributed by atoms with Crippen LogP contribution in [0.4, 0.5) is 0 Å². The number of carbonyl (C=O) groups excluding carboxylic acids is 1. The number of hydrogen-bond donors (Lipinski definition) is 0. The van der Waals surface area contributed by atoms with Crippen molar-refractivity contribution >= 4 is 21.9 Å². The summed E-state index contributed by atoms with van der Waals surface area (Å²) in [5.74, 6) is 0.449. The predicted octanol–water partition coefficient (Wildman–Crippen LogP) is 4.59. The van der Waals surface area contributed by atoms with Crippen LogP contribution in [0.1, 0.15) is 43.6 Å². The first-order valence-corrected chi connectivity index (χ1v) is 7.54. The number of hydrogen-bond acceptors (Lipinski definition) is 2. The molecule has 0 aliphatic heterocycles. The summed E-state index contributed by atoms with van der Waals surface area (Å²) < 4.78 is 6.53. The Balaban J connectivity index is 1.83. The van der Waals surface area contributed by atoms with Gasteiger partial charge in [-0.05, 0) is 49.3 Å². The molecule has 0 atom stereocenters. The van der Waals surface area contributed by atoms with Crippen molar-refractivity contribution in [3.05, 3.63) is 47.0 Å². The largest absolute Gasteiger partial charge is 0.462 e. The van der Waals surface area contributed by atoms with Crippen LogP contribution >= 0.6 is 15.9 Å². The molecule has 19 heavy (non-hydrogen) atoms. The Labute approximate surface area is 123 Å². The van der Waals surface area contributed by atoms with E-state index in [9.17, 15) is 4.79 Å². The van der Waals surface area contributed by atoms with Gasteiger partial charge in [-0.25, -0.2) is 0 Å². The fraction of sp³-hybridized carbons (Fsp3) is 0.438. The number of halogens is 1. The maximum atomic E-state index is 11.4. The molecule has 0 bridgehead atoms. The minimum Gasteiger partial charge on any atom is -0.462 e. The third kappa shape index (κ3) is 4.20. The van der Waals surface area contributed by atoms with Gasteiger partial charge in [-0.3, -0.25) is 4.79 Å². The number of carbonyl (C=O) groups is 1. The molecule has 0 heterocycles. The van der Waals surface area contributed by atoms with Crippen molar-refractivity contribution in [2.24, 2.45) is 0 Å². The summed E-state index contributed by atoms with van der Waals surface area (Å²) in [5.41, 5.74) is 1.39. The van der Waals surface area contributed by atoms with Crippen molar-refractivity contribution in [2.75, 3.05) is 0 Å². The minimum absolute atomic E-state index is 0.0964. The summed E-state index contributed by atoms with van der Waals surface area (Å²) in [4.78, 5) is 11.4. The van der Waals surface area contributed by atoms with Gasteiger partial charge in [-0.1, -0.05) is 34.1 Å². The first-order valence-electron chi connectivity index (χ1n) is 6.75. The molecule has 2 rings (SSSR count). The fourth-order valence-electron chi connectivity index (χ4n) is 2.60. The zero-order chi connectivity index (χ0) is 13.7. The second-order valence-corrected chi connectivity index (χ2v) is 5.92. The van der Waals surface area contributed by atoms with Crippen LogP contribution in [0.5, 0.6) is 0 Å². The highest BCUT2D eigenvalue weighted by Gasteiger charge is 2.24. The summed E-state index contributed by atoms with van der Waals surface area (Å²) in [6.07, 6.45) is 6.11. The quantitative estimate of drug-likeness (QED) is 0.598. The maximum absolute atomic E-state index is 11.4. The average Bonchev–Trinajstić information content (AvgIpc) is 2.41. The second kappa shape index (κ2) is 6.90. The van der Waals surface area contributed by atoms with Crippen molar-refractivity contribution < 1.29 is 9.53 Å². The normalized spacial score (nSPS) is 22.8. The van der Waals surface area contributed by atoms with Gasteiger partial charge in [0.2, 0.25) is 0 Å². The van der Waals surface area contributed by atoms with E-state index in [1.54, 1.807) is 6.08 Å². The molecule has 3 heteroatoms. The number of benzene rings is 1. The van der Waals surface area contributed by atoms with Crippen LogP contribution in [-0.4, -0.2) is 12.1 Å². The van der Waals surface area contributed by atoms with E-state index in [2.05, 4.69) is 46.8 Å². The molecule has 1 saturated carbocycles. The molecule has 1 aromatic carbocycles. The van der Waals surface area contributed by atoms with Gasteiger partial charge < -0.3 is 4.74 Å². The van der Waals surface area contributed by atoms with E-state index < -0.39 is 0 Å². The fourth-order valence-corrected chi connectivity index (χ4v) is 2.87. The van der Waals surface area contributed by atoms with E-state index in [1.807, 2.05) is 0 Å². The van der Waals surface area contributed by atoms with E-state index >= 15 is 0 Å². The SMILES string of the molecule is C=CCC(=O)OC1CCC(c2ccc(Br)cc2)CC1. The van der Waals surface area contributed by atoms with Crippen LogP contribution in [0.15, 0.2) is 41.4 Å². The highest BCUT2D eigenvalue weighted by molar-refractivity contribution is 9.10. The molecule has 0 N–H and O–H groups in total. The summed E-state index contributed by atoms with van der Waals surface area (Å²) in [5, 5.41) is 0. The number of esters is 1. The van der Waals surface area contributed by atoms with Crippen LogP contribution in [-0.2, 0) is 9.53 Å². The van der Waals surface area contributed by atoms with Gasteiger partial charge in [0.05, 0.1) is 6.42 Å². The molecule has 0 radical (unpaired) electrons. The highest BCUT2D eigenvalue weighted by Crippen LogP contribution is 2.34. The van der Waals surface area contributed by atoms with Gasteiger partial charge >= 0.3 is 5.97 Å². The van der Waals surface area contributed by atoms with Crippen LogP contribution in [0.25, 0.3) is 0 Å². The van der Waals surface area contributed by atoms with E-state index in [4.69, 9.17) is 4.74 Å². The molecule has 0 spiro atoms. The molecular weight excluding hydrogens is 304 g/mol. The molecule has 0 unspecified atom stereocenters. The Hall–Kier alpha value is -1.09. The summed E-state index contributed by atoms with van der Waals surface area (Å²) in [6, 6.07) is 8.54. The number of rotatable bonds is 4. The van der Waals surface area contributed by atoms with Crippen molar-refractivity contribution in [3.63, 3.8) is 0 Å². The van der Waals surface area contributed by atoms with E-state index in [0.29, 0.717) is 12.3 Å². The van der Waals surface area contributed by atoms with Gasteiger partial charge in [0.25, 0.3) is 0 Å². The minimum atomic E-state index is -0.151. The second-order valence-electron chi connectivity index (χ2n) is 5.01. The standard InChI is InChI=1S/C16H19BrO2/c1-2-3-16(18)19-15-10-6-13(7-11-15)12-4-8-14(17)9-5-12/h2,4-5,8-9,13,15H,1,3,6-7,10-11H2. The number of ether oxygens (including phenoxy) is 1. The Kier molecular flexibility index (Phi) is 5.20. The van der Waals surface area contributed by atoms with Crippen molar-refractivity contribution in [3.8, 4) is 0 Å². The van der Waals surface area contributed by atoms with Gasteiger partial charge in [0, 0.05) is 4.47 Å². The van der Waals surface area contributed by atoms with Gasteiger partial charge in [-0.15, -0.1) is 6.58 Å². The lowest BCUT2D eigenvalue weighted by molar-refractivity contribution is -0.149. The molecule has 1 aliphatic carbocycles. The molecular formula is C16H19BrO2. The Morgan fingerprint density at radius 3 is 2.47 bits per heavy atom. The summed E-state index contributed by atoms with van der Waals surface area (Å²) >= 11 is 3.46. The molecule has 102 valence electrons. The monoisotopic (exact) mass is 322 g/mol. The smallest absolute Gasteiger partial charge is 0.309 e. The highest BCUT2D eigenvalue weighted by atomic mass is 79.9. The van der Waals surface area contributed by atoms with Gasteiger partial charge in [-0.2, -0.15) is 0 Å². The van der Waals surface area contributed by atoms with Crippen LogP contribution < -0.4 is 0 Å².